The number of rotatable bonds is 0. The van der Waals surface area contributed by atoms with Crippen LogP contribution in [0.4, 0.5) is 0 Å². The van der Waals surface area contributed by atoms with Crippen LogP contribution < -0.4 is 1250 Å². The zero-order chi connectivity index (χ0) is 0. The van der Waals surface area contributed by atoms with Gasteiger partial charge in [-0.25, -0.2) is 0 Å². The van der Waals surface area contributed by atoms with Crippen LogP contribution in [0.25, 0.3) is 0 Å². The van der Waals surface area contributed by atoms with E-state index in [0.717, 1.165) is 0 Å². The predicted molar refractivity (Wildman–Crippen MR) is 58.0 cm³/mol. The minimum absolute atomic E-state index is 0. The summed E-state index contributed by atoms with van der Waals surface area (Å²) in [5, 5.41) is 0. The Labute approximate surface area is 1320 Å². The van der Waals surface area contributed by atoms with Crippen LogP contribution in [0.1, 0.15) is 0 Å². The third kappa shape index (κ3) is 1310. The molecule has 0 spiro atoms. The molecule has 0 saturated heterocycles. The summed E-state index contributed by atoms with van der Waals surface area (Å²) in [6.07, 6.45) is 0. The van der Waals surface area contributed by atoms with Crippen LogP contribution in [0, 0.1) is 0 Å². The summed E-state index contributed by atoms with van der Waals surface area (Å²) in [6.45, 7) is 0. The third-order valence-electron chi connectivity index (χ3n) is 0. The Morgan fingerprint density at radius 1 is 0.0341 bits per heavy atom. The van der Waals surface area contributed by atoms with Gasteiger partial charge in [0.05, 0.1) is 0 Å². The topological polar surface area (TPSA) is 0 Å². The van der Waals surface area contributed by atoms with Crippen molar-refractivity contribution < 1.29 is 1250 Å². The molecule has 0 saturated carbocycles. The second-order valence-corrected chi connectivity index (χ2v) is 0. The van der Waals surface area contributed by atoms with Gasteiger partial charge in [0.15, 0.2) is 0 Å². The van der Waals surface area contributed by atoms with E-state index < -0.39 is 0 Å². The molecule has 0 atom stereocenters. The zero-order valence-electron chi connectivity index (χ0n) is 58.4. The van der Waals surface area contributed by atoms with Crippen LogP contribution in [0.5, 0.6) is 0 Å². The SMILES string of the molecule is Cl.Cl.Cl.Cl.Cl.Cl.Cl.Cl.[Cl-].[Cl-].[Cl-].[Cl-].[Cl-].[Cl-].[Cl-].[Cl-].[Cl-].[Cl-].[Cl-].[Cl-].[Cl-].[Cl-].[Cl-].[Cl-].[Cl-].[Cl-].[Cl-].[Cl-].[Cl-].[Cl-].[Cl-].[Cl-].[Cl-].[Cl-].[Cl-].[Cl-].[Cl-].[Cl-].[Cl-].[Cl-].[Cl-].[Cl-].[Cl-].[Cl-].[Cl-].[Cl-].[Cl-].[Cl-].[Li+].[Li+].[Li+].[Li+].[Li+].[Li+].[Li+].[Li+].[Li+].[Li+].[Li+].[Li+].[Li+].[Li+].[Li+].[Li+].[Li+].[Li+].[Li+].[Li+].[Li+].[Li+].[Li+].[Li+].[Li+].[Li+].[Li+].[Li+].[Li+].[Li+].[Li+].[Li+].[Li+].[Li+].[Li+].[Li+].[Li+].[Li+].[Li+].[Li+]. The normalized spacial score (nSPS) is 0. The molecular formula is H8Cl48Li40. The van der Waals surface area contributed by atoms with E-state index in [2.05, 4.69) is 0 Å². The van der Waals surface area contributed by atoms with Crippen molar-refractivity contribution in [1.29, 1.82) is 0 Å². The minimum atomic E-state index is 0. The Hall–Kier alpha value is 37.8. The van der Waals surface area contributed by atoms with Gasteiger partial charge in [0.1, 0.15) is 0 Å². The Bertz CT molecular complexity index is 87.5. The van der Waals surface area contributed by atoms with Gasteiger partial charge in [-0.2, -0.15) is 0 Å². The summed E-state index contributed by atoms with van der Waals surface area (Å²) < 4.78 is 0. The zero-order valence-corrected chi connectivity index (χ0v) is 95.2. The Kier molecular flexibility index (Phi) is 20800. The van der Waals surface area contributed by atoms with Gasteiger partial charge in [-0.3, -0.25) is 0 Å². The first-order valence-corrected chi connectivity index (χ1v) is 0. The molecule has 0 aliphatic heterocycles. The van der Waals surface area contributed by atoms with E-state index in [4.69, 9.17) is 0 Å². The molecule has 0 aliphatic carbocycles. The van der Waals surface area contributed by atoms with Crippen LogP contribution in [-0.4, -0.2) is 0 Å². The summed E-state index contributed by atoms with van der Waals surface area (Å²) in [7, 11) is 0. The van der Waals surface area contributed by atoms with Gasteiger partial charge in [0.2, 0.25) is 0 Å². The van der Waals surface area contributed by atoms with Crippen LogP contribution in [-0.2, 0) is 0 Å². The predicted octanol–water partition coefficient (Wildman–Crippen LogP) is -236. The Morgan fingerprint density at radius 2 is 0.0341 bits per heavy atom. The first-order valence-electron chi connectivity index (χ1n) is 0. The van der Waals surface area contributed by atoms with Crippen molar-refractivity contribution >= 4 is 99.3 Å². The molecule has 88 heteroatoms. The van der Waals surface area contributed by atoms with Gasteiger partial charge in [-0.05, 0) is 0 Å². The molecule has 0 amide bonds. The molecule has 0 aromatic carbocycles. The maximum Gasteiger partial charge on any atom is 1.00 e. The van der Waals surface area contributed by atoms with E-state index in [0.29, 0.717) is 0 Å². The van der Waals surface area contributed by atoms with Crippen molar-refractivity contribution in [3.8, 4) is 0 Å². The first kappa shape index (κ1) is 1370. The second-order valence-electron chi connectivity index (χ2n) is 0. The van der Waals surface area contributed by atoms with Crippen LogP contribution in [0.15, 0.2) is 0 Å². The summed E-state index contributed by atoms with van der Waals surface area (Å²) >= 11 is 0. The molecular weight excluding hydrogens is 1980 g/mol. The largest absolute Gasteiger partial charge is 1.00 e. The van der Waals surface area contributed by atoms with E-state index in [1.54, 1.807) is 0 Å². The van der Waals surface area contributed by atoms with Crippen molar-refractivity contribution in [3.63, 3.8) is 0 Å². The van der Waals surface area contributed by atoms with Gasteiger partial charge < -0.3 is 496 Å². The maximum atomic E-state index is 0. The fourth-order valence-electron chi connectivity index (χ4n) is 0. The van der Waals surface area contributed by atoms with Crippen molar-refractivity contribution in [3.05, 3.63) is 0 Å². The van der Waals surface area contributed by atoms with E-state index in [9.17, 15) is 0 Å². The fourth-order valence-corrected chi connectivity index (χ4v) is 0. The van der Waals surface area contributed by atoms with Crippen LogP contribution in [0.3, 0.4) is 0 Å². The summed E-state index contributed by atoms with van der Waals surface area (Å²) in [4.78, 5) is 0. The summed E-state index contributed by atoms with van der Waals surface area (Å²) in [6, 6.07) is 0. The van der Waals surface area contributed by atoms with E-state index in [1.165, 1.54) is 0 Å². The van der Waals surface area contributed by atoms with Crippen LogP contribution in [0.2, 0.25) is 0 Å². The number of hydrogen-bond acceptors (Lipinski definition) is 0. The molecule has 0 fully saturated rings. The minimum Gasteiger partial charge on any atom is -1.00 e. The van der Waals surface area contributed by atoms with Gasteiger partial charge in [0, 0.05) is 0 Å². The molecule has 0 unspecified atom stereocenters. The standard InChI is InChI=1S/48ClH.40Li/h48*1H;;;;;;;;;;;;;;;;;;;;;;;;;;;;;;;;;;;;;;;;/q;;;;;;;;;;;;;;;;;;;;;;;;;;;;;;;;;;;;;;;;;;;;;;;;40*+1/p-40. The average molecular weight is 1990 g/mol. The molecule has 0 aromatic heterocycles. The monoisotopic (exact) mass is 1970 g/mol. The van der Waals surface area contributed by atoms with E-state index >= 15 is 0 Å². The molecule has 0 aromatic rings. The van der Waals surface area contributed by atoms with Crippen molar-refractivity contribution in [1.82, 2.24) is 0 Å². The molecule has 0 heterocycles. The summed E-state index contributed by atoms with van der Waals surface area (Å²) in [5.74, 6) is 0. The maximum absolute atomic E-state index is 0. The smallest absolute Gasteiger partial charge is 1.00 e. The third-order valence-corrected chi connectivity index (χ3v) is 0. The Balaban J connectivity index is 0. The van der Waals surface area contributed by atoms with Crippen molar-refractivity contribution in [2.75, 3.05) is 0 Å². The quantitative estimate of drug-likeness (QED) is 0.212. The van der Waals surface area contributed by atoms with Gasteiger partial charge in [-0.1, -0.05) is 0 Å². The number of hydrogen-bond donors (Lipinski definition) is 0. The second kappa shape index (κ2) is 1340. The van der Waals surface area contributed by atoms with Gasteiger partial charge >= 0.3 is 754 Å². The molecule has 0 rings (SSSR count). The van der Waals surface area contributed by atoms with Gasteiger partial charge in [-0.15, -0.1) is 99.3 Å². The van der Waals surface area contributed by atoms with Crippen molar-refractivity contribution in [2.24, 2.45) is 0 Å². The molecule has 0 nitrogen and oxygen atoms in total. The Morgan fingerprint density at radius 3 is 0.0341 bits per heavy atom. The molecule has 0 aliphatic rings. The van der Waals surface area contributed by atoms with E-state index in [1.807, 2.05) is 0 Å². The summed E-state index contributed by atoms with van der Waals surface area (Å²) in [5.41, 5.74) is 0. The first-order chi connectivity index (χ1) is 0. The van der Waals surface area contributed by atoms with Crippen LogP contribution >= 0.6 is 99.3 Å². The number of halogens is 48. The van der Waals surface area contributed by atoms with Crippen molar-refractivity contribution in [2.45, 2.75) is 0 Å². The molecule has 384 valence electrons. The molecule has 0 N–H and O–H groups in total. The fraction of sp³-hybridized carbons (Fsp3) is 0. The molecule has 0 bridgehead atoms. The molecule has 0 radical (unpaired) electrons. The van der Waals surface area contributed by atoms with E-state index in [-0.39, 0.29) is 1350 Å². The molecule has 88 heavy (non-hydrogen) atoms. The average Bonchev–Trinajstić information content (AvgIpc) is 0. The van der Waals surface area contributed by atoms with Gasteiger partial charge in [0.25, 0.3) is 0 Å².